The summed E-state index contributed by atoms with van der Waals surface area (Å²) in [5.74, 6) is -4.40. The van der Waals surface area contributed by atoms with Gasteiger partial charge in [-0.1, -0.05) is 131 Å². The van der Waals surface area contributed by atoms with Crippen molar-refractivity contribution >= 4 is 29.2 Å². The molecular weight excluding hydrogens is 883 g/mol. The summed E-state index contributed by atoms with van der Waals surface area (Å²) in [4.78, 5) is 62.0. The van der Waals surface area contributed by atoms with Crippen LogP contribution in [0.1, 0.15) is 187 Å². The molecule has 69 heavy (non-hydrogen) atoms. The Balaban J connectivity index is -0.000000201. The van der Waals surface area contributed by atoms with Crippen molar-refractivity contribution in [2.45, 2.75) is 211 Å². The number of aliphatic hydroxyl groups excluding tert-OH is 5. The van der Waals surface area contributed by atoms with Crippen molar-refractivity contribution in [1.82, 2.24) is 4.90 Å². The molecule has 0 aromatic heterocycles. The number of Topliss-reactive ketones (excluding diaryl/α,β-unsaturated/α-hetero) is 3. The predicted molar refractivity (Wildman–Crippen MR) is 282 cm³/mol. The normalized spacial score (nSPS) is 20.0. The van der Waals surface area contributed by atoms with Crippen LogP contribution >= 0.6 is 0 Å². The summed E-state index contributed by atoms with van der Waals surface area (Å²) in [6, 6.07) is -0.772. The van der Waals surface area contributed by atoms with Crippen molar-refractivity contribution in [3.05, 3.63) is 48.1 Å². The van der Waals surface area contributed by atoms with Crippen LogP contribution in [0, 0.1) is 23.7 Å². The molecule has 3 rings (SSSR count). The van der Waals surface area contributed by atoms with E-state index in [1.54, 1.807) is 26.0 Å². The highest BCUT2D eigenvalue weighted by atomic mass is 16.6. The number of nitrogens with zero attached hydrogens (tertiary/aromatic N) is 1. The van der Waals surface area contributed by atoms with E-state index in [0.717, 1.165) is 53.4 Å². The molecule has 2 aliphatic heterocycles. The number of amides is 1. The molecule has 5 unspecified atom stereocenters. The van der Waals surface area contributed by atoms with Gasteiger partial charge in [0.15, 0.2) is 0 Å². The van der Waals surface area contributed by atoms with Crippen LogP contribution in [0.3, 0.4) is 0 Å². The Hall–Kier alpha value is -3.37. The molecule has 6 atom stereocenters. The highest BCUT2D eigenvalue weighted by Crippen LogP contribution is 2.31. The van der Waals surface area contributed by atoms with E-state index in [0.29, 0.717) is 43.7 Å². The summed E-state index contributed by atoms with van der Waals surface area (Å²) in [6.07, 6.45) is 20.2. The predicted octanol–water partition coefficient (Wildman–Crippen LogP) is 9.46. The molecule has 14 nitrogen and oxygen atoms in total. The lowest BCUT2D eigenvalue weighted by Gasteiger charge is -2.39. The van der Waals surface area contributed by atoms with Crippen LogP contribution in [0.2, 0.25) is 0 Å². The van der Waals surface area contributed by atoms with E-state index in [-0.39, 0.29) is 49.1 Å². The smallest absolute Gasteiger partial charge is 0.328 e. The maximum Gasteiger partial charge on any atom is 0.328 e. The number of ketones is 3. The van der Waals surface area contributed by atoms with Crippen LogP contribution in [-0.2, 0) is 33.4 Å². The summed E-state index contributed by atoms with van der Waals surface area (Å²) in [5, 5.41) is 50.5. The number of ether oxygens (including phenoxy) is 2. The van der Waals surface area contributed by atoms with Crippen molar-refractivity contribution < 1.29 is 64.1 Å². The molecule has 1 amide bonds. The fourth-order valence-corrected chi connectivity index (χ4v) is 6.61. The fraction of sp³-hybridized carbons (Fsp3) is 0.764. The van der Waals surface area contributed by atoms with Gasteiger partial charge in [0.2, 0.25) is 5.79 Å². The van der Waals surface area contributed by atoms with Crippen molar-refractivity contribution in [3.63, 3.8) is 0 Å². The third-order valence-corrected chi connectivity index (χ3v) is 11.0. The van der Waals surface area contributed by atoms with Gasteiger partial charge in [-0.05, 0) is 103 Å². The number of esters is 1. The third-order valence-electron chi connectivity index (χ3n) is 11.0. The lowest BCUT2D eigenvalue weighted by molar-refractivity contribution is -0.240. The fourth-order valence-electron chi connectivity index (χ4n) is 6.61. The SMILES string of the molecule is C/C=C(\C)CC.C=C/C=C/[C@@H](C)CC(C)C(=O)CC(O)/C(C)=C/CC(C)=O.CC.CC.CC(C)COC(=O)C1CCCCN1C(=O)C(=O)C1(O)OCCCC1C.CO.CO.CO.OC1CCCCC1. The second-order valence-corrected chi connectivity index (χ2v) is 17.0. The van der Waals surface area contributed by atoms with Gasteiger partial charge in [-0.25, -0.2) is 4.79 Å². The molecule has 408 valence electrons. The van der Waals surface area contributed by atoms with Gasteiger partial charge < -0.3 is 45.0 Å². The first-order chi connectivity index (χ1) is 32.7. The summed E-state index contributed by atoms with van der Waals surface area (Å²) in [7, 11) is 3.00. The van der Waals surface area contributed by atoms with E-state index in [4.69, 9.17) is 29.9 Å². The number of likely N-dealkylation sites (tertiary alicyclic amines) is 1. The molecule has 1 saturated carbocycles. The summed E-state index contributed by atoms with van der Waals surface area (Å²) in [6.45, 7) is 31.5. The lowest BCUT2D eigenvalue weighted by atomic mass is 9.88. The van der Waals surface area contributed by atoms with E-state index in [2.05, 4.69) is 40.3 Å². The van der Waals surface area contributed by atoms with Crippen LogP contribution in [-0.4, -0.2) is 130 Å². The van der Waals surface area contributed by atoms with Crippen LogP contribution in [0.5, 0.6) is 0 Å². The van der Waals surface area contributed by atoms with Gasteiger partial charge >= 0.3 is 5.97 Å². The quantitative estimate of drug-likeness (QED) is 0.0367. The minimum Gasteiger partial charge on any atom is -0.464 e. The van der Waals surface area contributed by atoms with Crippen LogP contribution < -0.4 is 0 Å². The zero-order chi connectivity index (χ0) is 55.1. The molecule has 0 bridgehead atoms. The van der Waals surface area contributed by atoms with Crippen molar-refractivity contribution in [2.24, 2.45) is 23.7 Å². The zero-order valence-electron chi connectivity index (χ0n) is 46.6. The second kappa shape index (κ2) is 51.0. The number of carbonyl (C=O) groups excluding carboxylic acids is 5. The first kappa shape index (κ1) is 77.1. The van der Waals surface area contributed by atoms with E-state index in [1.165, 1.54) is 43.1 Å². The molecule has 0 radical (unpaired) electrons. The van der Waals surface area contributed by atoms with Crippen molar-refractivity contribution in [3.8, 4) is 0 Å². The second-order valence-electron chi connectivity index (χ2n) is 17.0. The maximum absolute atomic E-state index is 12.7. The molecule has 3 aliphatic rings. The Kier molecular flexibility index (Phi) is 57.0. The lowest BCUT2D eigenvalue weighted by Crippen LogP contribution is -2.59. The average Bonchev–Trinajstić information content (AvgIpc) is 3.38. The largest absolute Gasteiger partial charge is 0.464 e. The number of hydrogen-bond acceptors (Lipinski definition) is 13. The van der Waals surface area contributed by atoms with Crippen LogP contribution in [0.4, 0.5) is 0 Å². The summed E-state index contributed by atoms with van der Waals surface area (Å²) < 4.78 is 10.5. The van der Waals surface area contributed by atoms with Gasteiger partial charge in [-0.3, -0.25) is 19.2 Å². The number of hydrogen-bond donors (Lipinski definition) is 6. The number of rotatable bonds is 16. The third kappa shape index (κ3) is 38.0. The van der Waals surface area contributed by atoms with E-state index >= 15 is 0 Å². The minimum atomic E-state index is -2.10. The van der Waals surface area contributed by atoms with Crippen LogP contribution in [0.25, 0.3) is 0 Å². The van der Waals surface area contributed by atoms with Gasteiger partial charge in [0.05, 0.1) is 25.4 Å². The first-order valence-electron chi connectivity index (χ1n) is 25.4. The molecule has 14 heteroatoms. The summed E-state index contributed by atoms with van der Waals surface area (Å²) >= 11 is 0. The molecule has 0 aromatic carbocycles. The van der Waals surface area contributed by atoms with Gasteiger partial charge in [0.1, 0.15) is 17.6 Å². The van der Waals surface area contributed by atoms with Gasteiger partial charge in [-0.2, -0.15) is 0 Å². The topological polar surface area (TPSA) is 228 Å². The molecule has 1 aliphatic carbocycles. The van der Waals surface area contributed by atoms with E-state index in [9.17, 15) is 34.2 Å². The summed E-state index contributed by atoms with van der Waals surface area (Å²) in [5.41, 5.74) is 2.15. The van der Waals surface area contributed by atoms with Crippen LogP contribution in [0.15, 0.2) is 48.1 Å². The standard InChI is InChI=1S/C18H29NO6.C18H28O3.C6H12O.C6H12.2C2H6.3CH4O/c1-12(2)11-24-17(22)14-8-4-5-9-19(14)16(21)15(20)18(23)13(3)7-6-10-25-18;1-6-7-8-13(2)11-15(4)18(21)12-17(20)14(3)9-10-16(5)19;7-6-4-2-1-3-5-6;1-4-6(3)5-2;5*1-2/h12-14,23H,4-11H2,1-3H3;6-9,13,15,17,20H,1,10-12H2,2-5H3;6-7H,1-5H2;4H,5H2,1-3H3;2*1-2H3;3*2H,1H3/b;8-7+,14-9+;;6-4+;;;;;/t;13-,15?,17?;;;;;;;/m.1......./s1. The van der Waals surface area contributed by atoms with Crippen molar-refractivity contribution in [1.29, 1.82) is 0 Å². The number of carbonyl (C=O) groups is 5. The Morgan fingerprint density at radius 1 is 0.841 bits per heavy atom. The number of piperidine rings is 1. The van der Waals surface area contributed by atoms with E-state index < -0.39 is 41.5 Å². The Bertz CT molecular complexity index is 1390. The van der Waals surface area contributed by atoms with Gasteiger partial charge in [0.25, 0.3) is 11.7 Å². The number of allylic oxidation sites excluding steroid dienone is 6. The molecule has 3 fully saturated rings. The maximum atomic E-state index is 12.7. The van der Waals surface area contributed by atoms with E-state index in [1.807, 2.05) is 60.6 Å². The minimum absolute atomic E-state index is 0.0359. The molecule has 0 aromatic rings. The Labute approximate surface area is 420 Å². The number of aliphatic hydroxyl groups is 6. The Morgan fingerprint density at radius 3 is 1.80 bits per heavy atom. The molecular formula is C55H105NO13. The monoisotopic (exact) mass is 988 g/mol. The van der Waals surface area contributed by atoms with Gasteiger partial charge in [-0.15, -0.1) is 0 Å². The highest BCUT2D eigenvalue weighted by molar-refractivity contribution is 6.39. The average molecular weight is 988 g/mol. The first-order valence-corrected chi connectivity index (χ1v) is 25.4. The molecule has 2 heterocycles. The molecule has 6 N–H and O–H groups in total. The molecule has 2 saturated heterocycles. The van der Waals surface area contributed by atoms with Gasteiger partial charge in [0, 0.05) is 52.6 Å². The van der Waals surface area contributed by atoms with Crippen molar-refractivity contribution in [2.75, 3.05) is 41.1 Å². The Morgan fingerprint density at radius 2 is 1.38 bits per heavy atom. The molecule has 0 spiro atoms. The highest BCUT2D eigenvalue weighted by Gasteiger charge is 2.50. The zero-order valence-corrected chi connectivity index (χ0v) is 46.6.